The highest BCUT2D eigenvalue weighted by atomic mass is 16.5. The van der Waals surface area contributed by atoms with Gasteiger partial charge in [0.1, 0.15) is 39.0 Å². The van der Waals surface area contributed by atoms with Gasteiger partial charge in [0.25, 0.3) is 0 Å². The van der Waals surface area contributed by atoms with Gasteiger partial charge in [-0.3, -0.25) is 38.4 Å². The first kappa shape index (κ1) is 34.7. The minimum atomic E-state index is -0.706. The molecule has 0 atom stereocenters. The van der Waals surface area contributed by atoms with E-state index in [9.17, 15) is 38.4 Å². The summed E-state index contributed by atoms with van der Waals surface area (Å²) in [6, 6.07) is 0. The first-order valence-corrected chi connectivity index (χ1v) is 12.0. The zero-order valence-corrected chi connectivity index (χ0v) is 22.6. The summed E-state index contributed by atoms with van der Waals surface area (Å²) in [7, 11) is 5.51. The van der Waals surface area contributed by atoms with Crippen LogP contribution in [-0.4, -0.2) is 138 Å². The van der Waals surface area contributed by atoms with Gasteiger partial charge in [0.15, 0.2) is 0 Å². The summed E-state index contributed by atoms with van der Waals surface area (Å²) < 4.78 is 5.28. The lowest BCUT2D eigenvalue weighted by Gasteiger charge is -2.21. The molecule has 17 heteroatoms. The molecule has 0 aromatic carbocycles. The minimum Gasteiger partial charge on any atom is -0.378 e. The molecule has 0 aliphatic rings. The Morgan fingerprint density at radius 3 is 1.03 bits per heavy atom. The van der Waals surface area contributed by atoms with Crippen molar-refractivity contribution in [2.24, 2.45) is 0 Å². The molecule has 0 aromatic heterocycles. The van der Waals surface area contributed by atoms with Gasteiger partial charge in [-0.1, -0.05) is 0 Å². The van der Waals surface area contributed by atoms with Crippen LogP contribution < -0.4 is 31.9 Å². The van der Waals surface area contributed by atoms with Crippen molar-refractivity contribution in [3.05, 3.63) is 0 Å². The maximum atomic E-state index is 12.3. The quantitative estimate of drug-likeness (QED) is 0.0697. The fourth-order valence-corrected chi connectivity index (χ4v) is 2.72. The second-order valence-corrected chi connectivity index (χ2v) is 7.86. The molecule has 0 aliphatic heterocycles. The molecule has 0 aliphatic carbocycles. The van der Waals surface area contributed by atoms with Gasteiger partial charge in [-0.15, -0.1) is 0 Å². The van der Waals surface area contributed by atoms with E-state index in [1.807, 2.05) is 0 Å². The van der Waals surface area contributed by atoms with Crippen molar-refractivity contribution in [1.82, 2.24) is 41.7 Å². The third-order valence-corrected chi connectivity index (χ3v) is 4.92. The summed E-state index contributed by atoms with van der Waals surface area (Å²) in [6.45, 7) is -1.29. The number of rotatable bonds is 18. The number of ether oxygens (including phenoxy) is 1. The van der Waals surface area contributed by atoms with Gasteiger partial charge >= 0.3 is 0 Å². The van der Waals surface area contributed by atoms with Gasteiger partial charge in [0.05, 0.1) is 13.2 Å². The lowest BCUT2D eigenvalue weighted by atomic mass is 10.3. The first-order chi connectivity index (χ1) is 18.5. The van der Waals surface area contributed by atoms with Crippen LogP contribution in [0.4, 0.5) is 0 Å². The van der Waals surface area contributed by atoms with Crippen LogP contribution in [0.25, 0.3) is 0 Å². The van der Waals surface area contributed by atoms with Gasteiger partial charge in [0, 0.05) is 41.3 Å². The van der Waals surface area contributed by atoms with Crippen molar-refractivity contribution in [3.63, 3.8) is 0 Å². The third-order valence-electron chi connectivity index (χ3n) is 4.92. The molecule has 0 radical (unpaired) electrons. The topological polar surface area (TPSA) is 224 Å². The van der Waals surface area contributed by atoms with E-state index in [1.165, 1.54) is 28.2 Å². The van der Waals surface area contributed by atoms with Crippen LogP contribution in [0.2, 0.25) is 0 Å². The molecule has 0 unspecified atom stereocenters. The molecule has 17 nitrogen and oxygen atoms in total. The number of carbonyl (C=O) groups excluding carboxylic acids is 8. The molecule has 0 saturated carbocycles. The number of carbonyl (C=O) groups is 8. The number of hydrogen-bond donors (Lipinski definition) is 6. The molecule has 0 aromatic rings. The molecule has 0 fully saturated rings. The van der Waals surface area contributed by atoms with Crippen molar-refractivity contribution in [2.45, 2.75) is 12.8 Å². The average molecular weight is 559 g/mol. The van der Waals surface area contributed by atoms with E-state index in [4.69, 9.17) is 4.74 Å². The first-order valence-electron chi connectivity index (χ1n) is 12.0. The molecule has 220 valence electrons. The van der Waals surface area contributed by atoms with Crippen molar-refractivity contribution < 1.29 is 43.1 Å². The van der Waals surface area contributed by atoms with Crippen molar-refractivity contribution in [3.8, 4) is 0 Å². The fourth-order valence-electron chi connectivity index (χ4n) is 2.72. The maximum Gasteiger partial charge on any atom is 0.239 e. The minimum absolute atomic E-state index is 0.0530. The van der Waals surface area contributed by atoms with Gasteiger partial charge in [-0.2, -0.15) is 0 Å². The lowest BCUT2D eigenvalue weighted by molar-refractivity contribution is -0.142. The number of hydrogen-bond acceptors (Lipinski definition) is 9. The van der Waals surface area contributed by atoms with Gasteiger partial charge < -0.3 is 46.4 Å². The van der Waals surface area contributed by atoms with Gasteiger partial charge in [0.2, 0.25) is 47.3 Å². The standard InChI is InChI=1S/C22H38N8O9/c1-23-17(33)11-29(12-18(34)24-2)21(37)9-15(31)27-5-7-39-8-6-28-16(32)10-22(38)30(13-19(35)25-3)14-20(36)26-4/h5-14H2,1-4H3,(H,23,33)(H,24,34)(H,25,35)(H,26,36)(H,27,31)(H,28,32). The molecule has 0 rings (SSSR count). The lowest BCUT2D eigenvalue weighted by Crippen LogP contribution is -2.46. The Hall–Kier alpha value is -4.28. The normalized spacial score (nSPS) is 9.95. The number of likely N-dealkylation sites (N-methyl/N-ethyl adjacent to an activating group) is 4. The van der Waals surface area contributed by atoms with Crippen molar-refractivity contribution >= 4 is 47.3 Å². The second-order valence-electron chi connectivity index (χ2n) is 7.86. The van der Waals surface area contributed by atoms with E-state index >= 15 is 0 Å². The summed E-state index contributed by atoms with van der Waals surface area (Å²) in [6.07, 6.45) is -1.15. The predicted octanol–water partition coefficient (Wildman–Crippen LogP) is -5.34. The number of amides is 8. The van der Waals surface area contributed by atoms with E-state index in [1.54, 1.807) is 0 Å². The smallest absolute Gasteiger partial charge is 0.239 e. The Balaban J connectivity index is 4.34. The summed E-state index contributed by atoms with van der Waals surface area (Å²) in [4.78, 5) is 96.9. The Labute approximate surface area is 226 Å². The average Bonchev–Trinajstić information content (AvgIpc) is 2.90. The molecule has 39 heavy (non-hydrogen) atoms. The summed E-state index contributed by atoms with van der Waals surface area (Å²) in [5.74, 6) is -4.67. The van der Waals surface area contributed by atoms with E-state index in [-0.39, 0.29) is 52.5 Å². The molecule has 0 saturated heterocycles. The molecule has 0 spiro atoms. The van der Waals surface area contributed by atoms with Crippen molar-refractivity contribution in [1.29, 1.82) is 0 Å². The largest absolute Gasteiger partial charge is 0.378 e. The van der Waals surface area contributed by atoms with Crippen LogP contribution in [0, 0.1) is 0 Å². The van der Waals surface area contributed by atoms with Crippen LogP contribution in [0.5, 0.6) is 0 Å². The van der Waals surface area contributed by atoms with Crippen molar-refractivity contribution in [2.75, 3.05) is 80.7 Å². The highest BCUT2D eigenvalue weighted by Gasteiger charge is 2.23. The molecular formula is C22H38N8O9. The van der Waals surface area contributed by atoms with Crippen LogP contribution >= 0.6 is 0 Å². The fraction of sp³-hybridized carbons (Fsp3) is 0.636. The SMILES string of the molecule is CNC(=O)CN(CC(=O)NC)C(=O)CC(=O)NCCOCCNC(=O)CC(=O)N(CC(=O)NC)CC(=O)NC. The van der Waals surface area contributed by atoms with E-state index in [0.29, 0.717) is 0 Å². The molecule has 6 N–H and O–H groups in total. The van der Waals surface area contributed by atoms with E-state index < -0.39 is 60.1 Å². The summed E-state index contributed by atoms with van der Waals surface area (Å²) in [5.41, 5.74) is 0. The van der Waals surface area contributed by atoms with Crippen LogP contribution in [0.1, 0.15) is 12.8 Å². The Morgan fingerprint density at radius 1 is 0.487 bits per heavy atom. The predicted molar refractivity (Wildman–Crippen MR) is 135 cm³/mol. The summed E-state index contributed by atoms with van der Waals surface area (Å²) in [5, 5.41) is 14.3. The summed E-state index contributed by atoms with van der Waals surface area (Å²) >= 11 is 0. The zero-order chi connectivity index (χ0) is 29.8. The van der Waals surface area contributed by atoms with Crippen LogP contribution in [0.3, 0.4) is 0 Å². The third kappa shape index (κ3) is 16.2. The van der Waals surface area contributed by atoms with Crippen LogP contribution in [0.15, 0.2) is 0 Å². The Morgan fingerprint density at radius 2 is 0.769 bits per heavy atom. The zero-order valence-electron chi connectivity index (χ0n) is 22.6. The molecule has 0 heterocycles. The van der Waals surface area contributed by atoms with E-state index in [0.717, 1.165) is 9.80 Å². The highest BCUT2D eigenvalue weighted by Crippen LogP contribution is 1.97. The van der Waals surface area contributed by atoms with E-state index in [2.05, 4.69) is 31.9 Å². The second kappa shape index (κ2) is 19.8. The van der Waals surface area contributed by atoms with Gasteiger partial charge in [-0.25, -0.2) is 0 Å². The maximum absolute atomic E-state index is 12.3. The monoisotopic (exact) mass is 558 g/mol. The molecular weight excluding hydrogens is 520 g/mol. The molecule has 0 bridgehead atoms. The van der Waals surface area contributed by atoms with Crippen LogP contribution in [-0.2, 0) is 43.1 Å². The number of nitrogens with one attached hydrogen (secondary N) is 6. The highest BCUT2D eigenvalue weighted by molar-refractivity contribution is 6.00. The number of nitrogens with zero attached hydrogens (tertiary/aromatic N) is 2. The Kier molecular flexibility index (Phi) is 17.6. The molecule has 8 amide bonds. The van der Waals surface area contributed by atoms with Gasteiger partial charge in [-0.05, 0) is 0 Å². The Bertz CT molecular complexity index is 791.